The van der Waals surface area contributed by atoms with Crippen molar-refractivity contribution in [3.63, 3.8) is 0 Å². The van der Waals surface area contributed by atoms with Gasteiger partial charge in [-0.3, -0.25) is 4.79 Å². The highest BCUT2D eigenvalue weighted by atomic mass is 16.5. The summed E-state index contributed by atoms with van der Waals surface area (Å²) in [5.41, 5.74) is 0. The van der Waals surface area contributed by atoms with E-state index in [1.54, 1.807) is 24.3 Å². The van der Waals surface area contributed by atoms with Crippen LogP contribution in [0.3, 0.4) is 0 Å². The number of ether oxygens (including phenoxy) is 1. The fourth-order valence-corrected chi connectivity index (χ4v) is 1.45. The lowest BCUT2D eigenvalue weighted by Gasteiger charge is -2.13. The van der Waals surface area contributed by atoms with Crippen molar-refractivity contribution in [3.05, 3.63) is 30.3 Å². The van der Waals surface area contributed by atoms with Crippen molar-refractivity contribution < 1.29 is 19.4 Å². The number of nitrogens with one attached hydrogen (secondary N) is 1. The van der Waals surface area contributed by atoms with E-state index < -0.39 is 17.9 Å². The van der Waals surface area contributed by atoms with E-state index in [9.17, 15) is 9.59 Å². The Kier molecular flexibility index (Phi) is 5.70. The fraction of sp³-hybridized carbons (Fsp3) is 0.385. The molecule has 0 saturated heterocycles. The second kappa shape index (κ2) is 7.32. The predicted molar refractivity (Wildman–Crippen MR) is 66.4 cm³/mol. The van der Waals surface area contributed by atoms with Gasteiger partial charge in [0, 0.05) is 0 Å². The molecule has 0 aromatic heterocycles. The van der Waals surface area contributed by atoms with Crippen LogP contribution in [0.2, 0.25) is 0 Å². The molecule has 1 aromatic carbocycles. The third-order valence-corrected chi connectivity index (χ3v) is 2.32. The molecule has 0 aliphatic carbocycles. The lowest BCUT2D eigenvalue weighted by atomic mass is 10.2. The third-order valence-electron chi connectivity index (χ3n) is 2.32. The van der Waals surface area contributed by atoms with Crippen LogP contribution in [0.1, 0.15) is 19.8 Å². The van der Waals surface area contributed by atoms with Gasteiger partial charge in [0.05, 0.1) is 0 Å². The third kappa shape index (κ3) is 4.86. The van der Waals surface area contributed by atoms with Crippen LogP contribution < -0.4 is 10.1 Å². The first-order valence-corrected chi connectivity index (χ1v) is 5.83. The first-order valence-electron chi connectivity index (χ1n) is 5.83. The smallest absolute Gasteiger partial charge is 0.326 e. The minimum absolute atomic E-state index is 0.183. The number of rotatable bonds is 7. The average molecular weight is 251 g/mol. The minimum Gasteiger partial charge on any atom is -0.484 e. The fourth-order valence-electron chi connectivity index (χ4n) is 1.45. The maximum atomic E-state index is 11.5. The van der Waals surface area contributed by atoms with E-state index in [-0.39, 0.29) is 6.61 Å². The van der Waals surface area contributed by atoms with Crippen LogP contribution >= 0.6 is 0 Å². The molecule has 0 bridgehead atoms. The topological polar surface area (TPSA) is 75.6 Å². The summed E-state index contributed by atoms with van der Waals surface area (Å²) in [4.78, 5) is 22.4. The van der Waals surface area contributed by atoms with E-state index in [4.69, 9.17) is 9.84 Å². The van der Waals surface area contributed by atoms with Crippen LogP contribution in [0.25, 0.3) is 0 Å². The van der Waals surface area contributed by atoms with Gasteiger partial charge < -0.3 is 15.2 Å². The van der Waals surface area contributed by atoms with Gasteiger partial charge in [-0.2, -0.15) is 0 Å². The highest BCUT2D eigenvalue weighted by Crippen LogP contribution is 2.07. The lowest BCUT2D eigenvalue weighted by Crippen LogP contribution is -2.42. The van der Waals surface area contributed by atoms with Gasteiger partial charge in [-0.1, -0.05) is 31.5 Å². The Morgan fingerprint density at radius 1 is 1.33 bits per heavy atom. The number of hydrogen-bond donors (Lipinski definition) is 2. The van der Waals surface area contributed by atoms with Crippen molar-refractivity contribution in [2.24, 2.45) is 0 Å². The van der Waals surface area contributed by atoms with Crippen LogP contribution in [0.15, 0.2) is 30.3 Å². The van der Waals surface area contributed by atoms with Gasteiger partial charge in [0.25, 0.3) is 5.91 Å². The zero-order chi connectivity index (χ0) is 13.4. The van der Waals surface area contributed by atoms with Crippen LogP contribution in [0.4, 0.5) is 0 Å². The zero-order valence-corrected chi connectivity index (χ0v) is 10.3. The molecule has 0 unspecified atom stereocenters. The van der Waals surface area contributed by atoms with Crippen molar-refractivity contribution in [2.75, 3.05) is 6.61 Å². The average Bonchev–Trinajstić information content (AvgIpc) is 2.37. The van der Waals surface area contributed by atoms with Crippen LogP contribution in [0, 0.1) is 0 Å². The summed E-state index contributed by atoms with van der Waals surface area (Å²) < 4.78 is 5.22. The van der Waals surface area contributed by atoms with E-state index in [0.717, 1.165) is 0 Å². The van der Waals surface area contributed by atoms with Gasteiger partial charge in [-0.25, -0.2) is 4.79 Å². The quantitative estimate of drug-likeness (QED) is 0.768. The largest absolute Gasteiger partial charge is 0.484 e. The molecule has 5 heteroatoms. The molecule has 0 aliphatic rings. The van der Waals surface area contributed by atoms with Crippen molar-refractivity contribution >= 4 is 11.9 Å². The van der Waals surface area contributed by atoms with Gasteiger partial charge in [0.2, 0.25) is 0 Å². The number of para-hydroxylation sites is 1. The Bertz CT molecular complexity index is 391. The molecule has 0 fully saturated rings. The number of aliphatic carboxylic acids is 1. The normalized spacial score (nSPS) is 11.6. The molecule has 98 valence electrons. The molecule has 0 saturated carbocycles. The summed E-state index contributed by atoms with van der Waals surface area (Å²) in [6.07, 6.45) is 1.10. The van der Waals surface area contributed by atoms with Gasteiger partial charge in [0.15, 0.2) is 6.61 Å². The summed E-state index contributed by atoms with van der Waals surface area (Å²) in [6, 6.07) is 8.05. The number of benzene rings is 1. The summed E-state index contributed by atoms with van der Waals surface area (Å²) in [5, 5.41) is 11.3. The van der Waals surface area contributed by atoms with E-state index in [1.165, 1.54) is 0 Å². The SMILES string of the molecule is CCC[C@@H](NC(=O)COc1ccccc1)C(=O)O. The van der Waals surface area contributed by atoms with Gasteiger partial charge >= 0.3 is 5.97 Å². The van der Waals surface area contributed by atoms with Gasteiger partial charge in [-0.05, 0) is 18.6 Å². The Morgan fingerprint density at radius 2 is 2.00 bits per heavy atom. The number of amides is 1. The Morgan fingerprint density at radius 3 is 2.56 bits per heavy atom. The number of carboxylic acid groups (broad SMARTS) is 1. The first kappa shape index (κ1) is 14.0. The molecule has 1 atom stereocenters. The predicted octanol–water partition coefficient (Wildman–Crippen LogP) is 1.43. The summed E-state index contributed by atoms with van der Waals surface area (Å²) in [7, 11) is 0. The van der Waals surface area contributed by atoms with E-state index in [0.29, 0.717) is 18.6 Å². The highest BCUT2D eigenvalue weighted by molar-refractivity contribution is 5.84. The van der Waals surface area contributed by atoms with Crippen molar-refractivity contribution in [1.82, 2.24) is 5.32 Å². The number of carbonyl (C=O) groups excluding carboxylic acids is 1. The maximum absolute atomic E-state index is 11.5. The number of carbonyl (C=O) groups is 2. The molecule has 5 nitrogen and oxygen atoms in total. The van der Waals surface area contributed by atoms with E-state index in [2.05, 4.69) is 5.32 Å². The van der Waals surface area contributed by atoms with Gasteiger partial charge in [0.1, 0.15) is 11.8 Å². The van der Waals surface area contributed by atoms with E-state index in [1.807, 2.05) is 13.0 Å². The summed E-state index contributed by atoms with van der Waals surface area (Å²) in [5.74, 6) is -0.875. The molecule has 1 rings (SSSR count). The number of carboxylic acids is 1. The van der Waals surface area contributed by atoms with Crippen molar-refractivity contribution in [1.29, 1.82) is 0 Å². The van der Waals surface area contributed by atoms with Gasteiger partial charge in [-0.15, -0.1) is 0 Å². The molecular weight excluding hydrogens is 234 g/mol. The molecule has 0 heterocycles. The molecular formula is C13H17NO4. The summed E-state index contributed by atoms with van der Waals surface area (Å²) >= 11 is 0. The molecule has 1 amide bonds. The Balaban J connectivity index is 2.39. The molecule has 0 spiro atoms. The second-order valence-electron chi connectivity index (χ2n) is 3.85. The number of hydrogen-bond acceptors (Lipinski definition) is 3. The van der Waals surface area contributed by atoms with Crippen molar-refractivity contribution in [3.8, 4) is 5.75 Å². The van der Waals surface area contributed by atoms with Crippen LogP contribution in [0.5, 0.6) is 5.75 Å². The molecule has 0 radical (unpaired) electrons. The molecule has 18 heavy (non-hydrogen) atoms. The molecule has 0 aliphatic heterocycles. The molecule has 2 N–H and O–H groups in total. The zero-order valence-electron chi connectivity index (χ0n) is 10.3. The Hall–Kier alpha value is -2.04. The molecule has 1 aromatic rings. The second-order valence-corrected chi connectivity index (χ2v) is 3.85. The van der Waals surface area contributed by atoms with Crippen molar-refractivity contribution in [2.45, 2.75) is 25.8 Å². The van der Waals surface area contributed by atoms with Crippen LogP contribution in [-0.2, 0) is 9.59 Å². The lowest BCUT2D eigenvalue weighted by molar-refractivity contribution is -0.142. The van der Waals surface area contributed by atoms with E-state index >= 15 is 0 Å². The minimum atomic E-state index is -1.02. The summed E-state index contributed by atoms with van der Waals surface area (Å²) in [6.45, 7) is 1.68. The first-order chi connectivity index (χ1) is 8.63. The highest BCUT2D eigenvalue weighted by Gasteiger charge is 2.18. The standard InChI is InChI=1S/C13H17NO4/c1-2-6-11(13(16)17)14-12(15)9-18-10-7-4-3-5-8-10/h3-5,7-8,11H,2,6,9H2,1H3,(H,14,15)(H,16,17)/t11-/m1/s1. The van der Waals surface area contributed by atoms with Crippen LogP contribution in [-0.4, -0.2) is 29.6 Å². The maximum Gasteiger partial charge on any atom is 0.326 e. The monoisotopic (exact) mass is 251 g/mol. The Labute approximate surface area is 106 Å².